The van der Waals surface area contributed by atoms with Gasteiger partial charge in [-0.3, -0.25) is 5.10 Å². The molecule has 1 aliphatic rings. The summed E-state index contributed by atoms with van der Waals surface area (Å²) in [5, 5.41) is 10.6. The Balaban J connectivity index is 1.69. The van der Waals surface area contributed by atoms with Crippen LogP contribution in [0.15, 0.2) is 29.5 Å². The van der Waals surface area contributed by atoms with E-state index < -0.39 is 6.61 Å². The fourth-order valence-electron chi connectivity index (χ4n) is 3.24. The van der Waals surface area contributed by atoms with Crippen LogP contribution in [0.5, 0.6) is 5.75 Å². The number of nitrogens with zero attached hydrogens (tertiary/aromatic N) is 4. The van der Waals surface area contributed by atoms with Crippen molar-refractivity contribution in [2.75, 3.05) is 19.6 Å². The maximum Gasteiger partial charge on any atom is 0.387 e. The molecule has 0 unspecified atom stereocenters. The third-order valence-corrected chi connectivity index (χ3v) is 4.82. The van der Waals surface area contributed by atoms with Gasteiger partial charge in [0.15, 0.2) is 5.96 Å². The number of hydrogen-bond donors (Lipinski definition) is 2. The molecule has 0 spiro atoms. The number of piperidine rings is 1. The second kappa shape index (κ2) is 9.68. The third kappa shape index (κ3) is 5.31. The molecule has 7 nitrogen and oxygen atoms in total. The van der Waals surface area contributed by atoms with Crippen molar-refractivity contribution in [1.29, 1.82) is 0 Å². The van der Waals surface area contributed by atoms with Crippen LogP contribution in [0.4, 0.5) is 8.78 Å². The van der Waals surface area contributed by atoms with Crippen molar-refractivity contribution in [2.24, 2.45) is 4.99 Å². The molecule has 1 saturated heterocycles. The second-order valence-electron chi connectivity index (χ2n) is 6.43. The normalized spacial score (nSPS) is 15.9. The summed E-state index contributed by atoms with van der Waals surface area (Å²) >= 11 is 6.01. The molecule has 2 N–H and O–H groups in total. The number of halogens is 3. The zero-order valence-corrected chi connectivity index (χ0v) is 16.3. The van der Waals surface area contributed by atoms with Crippen molar-refractivity contribution in [2.45, 2.75) is 38.8 Å². The predicted molar refractivity (Wildman–Crippen MR) is 103 cm³/mol. The number of hydrogen-bond acceptors (Lipinski definition) is 4. The lowest BCUT2D eigenvalue weighted by molar-refractivity contribution is -0.0504. The van der Waals surface area contributed by atoms with Crippen molar-refractivity contribution in [3.8, 4) is 5.75 Å². The third-order valence-electron chi connectivity index (χ3n) is 4.59. The van der Waals surface area contributed by atoms with E-state index in [0.717, 1.165) is 37.7 Å². The molecular weight excluding hydrogens is 390 g/mol. The Morgan fingerprint density at radius 3 is 2.86 bits per heavy atom. The van der Waals surface area contributed by atoms with E-state index in [2.05, 4.69) is 35.1 Å². The quantitative estimate of drug-likeness (QED) is 0.561. The topological polar surface area (TPSA) is 78.4 Å². The number of likely N-dealkylation sites (tertiary alicyclic amines) is 1. The fourth-order valence-corrected chi connectivity index (χ4v) is 3.44. The van der Waals surface area contributed by atoms with Gasteiger partial charge >= 0.3 is 6.61 Å². The van der Waals surface area contributed by atoms with Crippen LogP contribution in [0.25, 0.3) is 0 Å². The highest BCUT2D eigenvalue weighted by atomic mass is 35.5. The van der Waals surface area contributed by atoms with Gasteiger partial charge in [-0.15, -0.1) is 0 Å². The number of benzene rings is 1. The number of alkyl halides is 2. The molecule has 2 heterocycles. The summed E-state index contributed by atoms with van der Waals surface area (Å²) < 4.78 is 29.9. The molecule has 0 atom stereocenters. The van der Waals surface area contributed by atoms with Crippen molar-refractivity contribution in [3.05, 3.63) is 40.9 Å². The molecule has 0 amide bonds. The Bertz CT molecular complexity index is 778. The van der Waals surface area contributed by atoms with Gasteiger partial charge in [0, 0.05) is 36.1 Å². The summed E-state index contributed by atoms with van der Waals surface area (Å²) in [5.41, 5.74) is 0.514. The Labute approximate surface area is 167 Å². The van der Waals surface area contributed by atoms with Gasteiger partial charge in [-0.25, -0.2) is 9.98 Å². The van der Waals surface area contributed by atoms with E-state index in [1.54, 1.807) is 6.07 Å². The summed E-state index contributed by atoms with van der Waals surface area (Å²) in [7, 11) is 0. The Morgan fingerprint density at radius 1 is 1.43 bits per heavy atom. The molecular formula is C18H23ClF2N6O. The van der Waals surface area contributed by atoms with Crippen molar-refractivity contribution in [3.63, 3.8) is 0 Å². The zero-order chi connectivity index (χ0) is 19.9. The number of aromatic nitrogens is 3. The summed E-state index contributed by atoms with van der Waals surface area (Å²) in [6, 6.07) is 4.56. The van der Waals surface area contributed by atoms with Crippen LogP contribution in [0.3, 0.4) is 0 Å². The van der Waals surface area contributed by atoms with Crippen LogP contribution in [-0.4, -0.2) is 52.3 Å². The number of aromatic amines is 1. The SMILES string of the molecule is CCNC(=NCc1cc(Cl)ccc1OC(F)F)N1CCC(c2ncn[nH]2)CC1. The van der Waals surface area contributed by atoms with Crippen LogP contribution in [0.1, 0.15) is 37.1 Å². The Kier molecular flexibility index (Phi) is 7.02. The van der Waals surface area contributed by atoms with Crippen LogP contribution < -0.4 is 10.1 Å². The second-order valence-corrected chi connectivity index (χ2v) is 6.87. The van der Waals surface area contributed by atoms with Gasteiger partial charge in [-0.05, 0) is 38.0 Å². The molecule has 152 valence electrons. The van der Waals surface area contributed by atoms with Gasteiger partial charge < -0.3 is 15.0 Å². The van der Waals surface area contributed by atoms with E-state index in [0.29, 0.717) is 23.0 Å². The molecule has 10 heteroatoms. The minimum atomic E-state index is -2.90. The first kappa shape index (κ1) is 20.3. The maximum atomic E-state index is 12.6. The molecule has 28 heavy (non-hydrogen) atoms. The van der Waals surface area contributed by atoms with E-state index in [1.165, 1.54) is 18.5 Å². The molecule has 1 aromatic carbocycles. The van der Waals surface area contributed by atoms with E-state index in [-0.39, 0.29) is 12.3 Å². The predicted octanol–water partition coefficient (Wildman–Crippen LogP) is 3.40. The van der Waals surface area contributed by atoms with E-state index in [9.17, 15) is 8.78 Å². The average molecular weight is 413 g/mol. The highest BCUT2D eigenvalue weighted by molar-refractivity contribution is 6.30. The first-order chi connectivity index (χ1) is 13.6. The van der Waals surface area contributed by atoms with E-state index >= 15 is 0 Å². The van der Waals surface area contributed by atoms with Crippen LogP contribution in [-0.2, 0) is 6.54 Å². The van der Waals surface area contributed by atoms with Gasteiger partial charge in [-0.2, -0.15) is 13.9 Å². The first-order valence-electron chi connectivity index (χ1n) is 9.18. The number of nitrogens with one attached hydrogen (secondary N) is 2. The fraction of sp³-hybridized carbons (Fsp3) is 0.500. The van der Waals surface area contributed by atoms with Crippen molar-refractivity contribution >= 4 is 17.6 Å². The zero-order valence-electron chi connectivity index (χ0n) is 15.5. The summed E-state index contributed by atoms with van der Waals surface area (Å²) in [6.07, 6.45) is 3.38. The standard InChI is InChI=1S/C18H23ClF2N6O/c1-2-22-18(27-7-5-12(6-8-27)16-24-11-25-26-16)23-10-13-9-14(19)3-4-15(13)28-17(20)21/h3-4,9,11-12,17H,2,5-8,10H2,1H3,(H,22,23)(H,24,25,26). The summed E-state index contributed by atoms with van der Waals surface area (Å²) in [4.78, 5) is 11.0. The number of aliphatic imine (C=N–C) groups is 1. The largest absolute Gasteiger partial charge is 0.434 e. The van der Waals surface area contributed by atoms with Crippen molar-refractivity contribution < 1.29 is 13.5 Å². The lowest BCUT2D eigenvalue weighted by Gasteiger charge is -2.33. The maximum absolute atomic E-state index is 12.6. The van der Waals surface area contributed by atoms with Gasteiger partial charge in [0.1, 0.15) is 17.9 Å². The smallest absolute Gasteiger partial charge is 0.387 e. The van der Waals surface area contributed by atoms with E-state index in [1.807, 2.05) is 6.92 Å². The minimum Gasteiger partial charge on any atom is -0.434 e. The monoisotopic (exact) mass is 412 g/mol. The van der Waals surface area contributed by atoms with Crippen LogP contribution in [0.2, 0.25) is 5.02 Å². The molecule has 0 bridgehead atoms. The van der Waals surface area contributed by atoms with Crippen molar-refractivity contribution in [1.82, 2.24) is 25.4 Å². The average Bonchev–Trinajstić information content (AvgIpc) is 3.21. The Hall–Kier alpha value is -2.42. The molecule has 0 aliphatic carbocycles. The van der Waals surface area contributed by atoms with E-state index in [4.69, 9.17) is 11.6 Å². The molecule has 3 rings (SSSR count). The molecule has 0 radical (unpaired) electrons. The van der Waals surface area contributed by atoms with Crippen LogP contribution >= 0.6 is 11.6 Å². The van der Waals surface area contributed by atoms with Crippen LogP contribution in [0, 0.1) is 0 Å². The summed E-state index contributed by atoms with van der Waals surface area (Å²) in [6.45, 7) is 1.61. The first-order valence-corrected chi connectivity index (χ1v) is 9.56. The number of ether oxygens (including phenoxy) is 1. The van der Waals surface area contributed by atoms with Gasteiger partial charge in [0.2, 0.25) is 0 Å². The number of guanidine groups is 1. The highest BCUT2D eigenvalue weighted by Gasteiger charge is 2.24. The lowest BCUT2D eigenvalue weighted by atomic mass is 9.96. The Morgan fingerprint density at radius 2 is 2.21 bits per heavy atom. The number of rotatable bonds is 6. The van der Waals surface area contributed by atoms with Gasteiger partial charge in [0.25, 0.3) is 0 Å². The van der Waals surface area contributed by atoms with Gasteiger partial charge in [0.05, 0.1) is 6.54 Å². The molecule has 1 fully saturated rings. The molecule has 2 aromatic rings. The number of H-pyrrole nitrogens is 1. The summed E-state index contributed by atoms with van der Waals surface area (Å²) in [5.74, 6) is 2.08. The molecule has 1 aliphatic heterocycles. The lowest BCUT2D eigenvalue weighted by Crippen LogP contribution is -2.45. The molecule has 1 aromatic heterocycles. The highest BCUT2D eigenvalue weighted by Crippen LogP contribution is 2.27. The van der Waals surface area contributed by atoms with Gasteiger partial charge in [-0.1, -0.05) is 11.6 Å². The molecule has 0 saturated carbocycles. The minimum absolute atomic E-state index is 0.0861.